The lowest BCUT2D eigenvalue weighted by Gasteiger charge is -2.11. The molecule has 0 aliphatic carbocycles. The molecule has 0 unspecified atom stereocenters. The number of aromatic nitrogens is 2. The molecule has 2 rings (SSSR count). The van der Waals surface area contributed by atoms with Crippen LogP contribution in [0.1, 0.15) is 11.3 Å². The van der Waals surface area contributed by atoms with Gasteiger partial charge in [-0.2, -0.15) is 0 Å². The van der Waals surface area contributed by atoms with Crippen LogP contribution in [-0.4, -0.2) is 23.2 Å². The van der Waals surface area contributed by atoms with Crippen molar-refractivity contribution < 1.29 is 4.74 Å². The third-order valence-corrected chi connectivity index (χ3v) is 2.89. The number of imidazole rings is 1. The molecule has 1 aromatic heterocycles. The lowest BCUT2D eigenvalue weighted by Crippen LogP contribution is -2.05. The number of aryl methyl sites for hydroxylation is 2. The van der Waals surface area contributed by atoms with Gasteiger partial charge in [-0.05, 0) is 37.6 Å². The van der Waals surface area contributed by atoms with E-state index < -0.39 is 0 Å². The first-order valence-electron chi connectivity index (χ1n) is 6.21. The molecule has 1 heterocycles. The lowest BCUT2D eigenvalue weighted by molar-refractivity contribution is 0.411. The first-order chi connectivity index (χ1) is 9.15. The fourth-order valence-electron chi connectivity index (χ4n) is 2.00. The Kier molecular flexibility index (Phi) is 3.90. The minimum Gasteiger partial charge on any atom is -0.496 e. The summed E-state index contributed by atoms with van der Waals surface area (Å²) in [6.45, 7) is 8.40. The summed E-state index contributed by atoms with van der Waals surface area (Å²) in [4.78, 5) is 4.47. The van der Waals surface area contributed by atoms with Crippen LogP contribution < -0.4 is 10.1 Å². The molecule has 0 aliphatic heterocycles. The van der Waals surface area contributed by atoms with Crippen molar-refractivity contribution in [2.45, 2.75) is 13.8 Å². The first kappa shape index (κ1) is 13.2. The van der Waals surface area contributed by atoms with Gasteiger partial charge < -0.3 is 10.1 Å². The summed E-state index contributed by atoms with van der Waals surface area (Å²) in [5.41, 5.74) is 3.13. The minimum absolute atomic E-state index is 0.686. The van der Waals surface area contributed by atoms with Crippen molar-refractivity contribution >= 4 is 5.95 Å². The second-order valence-corrected chi connectivity index (χ2v) is 4.40. The van der Waals surface area contributed by atoms with Gasteiger partial charge >= 0.3 is 0 Å². The molecular formula is C15H19N3O. The first-order valence-corrected chi connectivity index (χ1v) is 6.21. The molecule has 100 valence electrons. The Bertz CT molecular complexity index is 587. The number of rotatable bonds is 5. The van der Waals surface area contributed by atoms with Crippen LogP contribution in [0, 0.1) is 13.8 Å². The van der Waals surface area contributed by atoms with Crippen molar-refractivity contribution in [1.82, 2.24) is 9.55 Å². The number of benzene rings is 1. The molecule has 2 aromatic rings. The van der Waals surface area contributed by atoms with E-state index in [1.165, 1.54) is 0 Å². The average molecular weight is 257 g/mol. The van der Waals surface area contributed by atoms with Gasteiger partial charge in [0, 0.05) is 18.4 Å². The molecule has 0 aliphatic rings. The molecule has 0 saturated heterocycles. The van der Waals surface area contributed by atoms with Crippen molar-refractivity contribution in [3.63, 3.8) is 0 Å². The van der Waals surface area contributed by atoms with Gasteiger partial charge in [-0.3, -0.25) is 4.57 Å². The fraction of sp³-hybridized carbons (Fsp3) is 0.267. The standard InChI is InChI=1S/C15H19N3O/c1-5-8-16-15-17-12(3)10-18(15)13-6-7-14(19-4)11(2)9-13/h5-7,9-10H,1,8H2,2-4H3,(H,16,17). The van der Waals surface area contributed by atoms with E-state index >= 15 is 0 Å². The fourth-order valence-corrected chi connectivity index (χ4v) is 2.00. The number of hydrogen-bond acceptors (Lipinski definition) is 3. The number of nitrogens with zero attached hydrogens (tertiary/aromatic N) is 2. The number of hydrogen-bond donors (Lipinski definition) is 1. The van der Waals surface area contributed by atoms with Crippen LogP contribution in [0.4, 0.5) is 5.95 Å². The largest absolute Gasteiger partial charge is 0.496 e. The molecule has 1 aromatic carbocycles. The van der Waals surface area contributed by atoms with E-state index in [1.807, 2.05) is 42.8 Å². The van der Waals surface area contributed by atoms with E-state index in [4.69, 9.17) is 4.74 Å². The van der Waals surface area contributed by atoms with Crippen LogP contribution in [-0.2, 0) is 0 Å². The van der Waals surface area contributed by atoms with E-state index in [0.717, 1.165) is 28.6 Å². The molecular weight excluding hydrogens is 238 g/mol. The zero-order valence-electron chi connectivity index (χ0n) is 11.6. The van der Waals surface area contributed by atoms with Gasteiger partial charge in [0.05, 0.1) is 12.8 Å². The third-order valence-electron chi connectivity index (χ3n) is 2.89. The molecule has 0 fully saturated rings. The van der Waals surface area contributed by atoms with Gasteiger partial charge in [0.2, 0.25) is 5.95 Å². The summed E-state index contributed by atoms with van der Waals surface area (Å²) in [6, 6.07) is 6.07. The summed E-state index contributed by atoms with van der Waals surface area (Å²) >= 11 is 0. The average Bonchev–Trinajstić information content (AvgIpc) is 2.77. The highest BCUT2D eigenvalue weighted by Gasteiger charge is 2.08. The molecule has 0 amide bonds. The highest BCUT2D eigenvalue weighted by atomic mass is 16.5. The number of ether oxygens (including phenoxy) is 1. The number of methoxy groups -OCH3 is 1. The quantitative estimate of drug-likeness (QED) is 0.837. The van der Waals surface area contributed by atoms with Crippen LogP contribution >= 0.6 is 0 Å². The Morgan fingerprint density at radius 2 is 2.21 bits per heavy atom. The van der Waals surface area contributed by atoms with Crippen molar-refractivity contribution in [3.05, 3.63) is 48.3 Å². The molecule has 0 bridgehead atoms. The highest BCUT2D eigenvalue weighted by molar-refractivity contribution is 5.48. The van der Waals surface area contributed by atoms with E-state index in [-0.39, 0.29) is 0 Å². The summed E-state index contributed by atoms with van der Waals surface area (Å²) in [5.74, 6) is 1.71. The van der Waals surface area contributed by atoms with Crippen molar-refractivity contribution in [3.8, 4) is 11.4 Å². The third kappa shape index (κ3) is 2.78. The summed E-state index contributed by atoms with van der Waals surface area (Å²) < 4.78 is 7.32. The monoisotopic (exact) mass is 257 g/mol. The normalized spacial score (nSPS) is 10.3. The number of anilines is 1. The zero-order valence-corrected chi connectivity index (χ0v) is 11.6. The van der Waals surface area contributed by atoms with Crippen LogP contribution in [0.2, 0.25) is 0 Å². The molecule has 4 heteroatoms. The maximum atomic E-state index is 5.28. The van der Waals surface area contributed by atoms with Gasteiger partial charge in [-0.1, -0.05) is 6.08 Å². The summed E-state index contributed by atoms with van der Waals surface area (Å²) in [5, 5.41) is 3.23. The van der Waals surface area contributed by atoms with Crippen molar-refractivity contribution in [2.75, 3.05) is 19.0 Å². The second-order valence-electron chi connectivity index (χ2n) is 4.40. The maximum absolute atomic E-state index is 5.28. The zero-order chi connectivity index (χ0) is 13.8. The minimum atomic E-state index is 0.686. The van der Waals surface area contributed by atoms with Gasteiger partial charge in [0.25, 0.3) is 0 Å². The molecule has 0 radical (unpaired) electrons. The summed E-state index contributed by atoms with van der Waals surface area (Å²) in [6.07, 6.45) is 3.82. The predicted octanol–water partition coefficient (Wildman–Crippen LogP) is 3.10. The van der Waals surface area contributed by atoms with Crippen LogP contribution in [0.15, 0.2) is 37.1 Å². The second kappa shape index (κ2) is 5.61. The molecule has 1 N–H and O–H groups in total. The Hall–Kier alpha value is -2.23. The van der Waals surface area contributed by atoms with E-state index in [2.05, 4.69) is 22.9 Å². The topological polar surface area (TPSA) is 39.1 Å². The van der Waals surface area contributed by atoms with Crippen LogP contribution in [0.3, 0.4) is 0 Å². The highest BCUT2D eigenvalue weighted by Crippen LogP contribution is 2.23. The van der Waals surface area contributed by atoms with Gasteiger partial charge in [-0.25, -0.2) is 4.98 Å². The number of nitrogens with one attached hydrogen (secondary N) is 1. The molecule has 0 atom stereocenters. The summed E-state index contributed by atoms with van der Waals surface area (Å²) in [7, 11) is 1.68. The Morgan fingerprint density at radius 3 is 2.84 bits per heavy atom. The van der Waals surface area contributed by atoms with Gasteiger partial charge in [-0.15, -0.1) is 6.58 Å². The molecule has 19 heavy (non-hydrogen) atoms. The lowest BCUT2D eigenvalue weighted by atomic mass is 10.2. The van der Waals surface area contributed by atoms with E-state index in [9.17, 15) is 0 Å². The Labute approximate surface area is 113 Å². The molecule has 0 spiro atoms. The Balaban J connectivity index is 2.40. The maximum Gasteiger partial charge on any atom is 0.207 e. The SMILES string of the molecule is C=CCNc1nc(C)cn1-c1ccc(OC)c(C)c1. The molecule has 4 nitrogen and oxygen atoms in total. The van der Waals surface area contributed by atoms with Crippen LogP contribution in [0.25, 0.3) is 5.69 Å². The van der Waals surface area contributed by atoms with Crippen molar-refractivity contribution in [1.29, 1.82) is 0 Å². The molecule has 0 saturated carbocycles. The smallest absolute Gasteiger partial charge is 0.207 e. The van der Waals surface area contributed by atoms with Crippen molar-refractivity contribution in [2.24, 2.45) is 0 Å². The van der Waals surface area contributed by atoms with E-state index in [0.29, 0.717) is 6.54 Å². The van der Waals surface area contributed by atoms with Crippen LogP contribution in [0.5, 0.6) is 5.75 Å². The van der Waals surface area contributed by atoms with Gasteiger partial charge in [0.15, 0.2) is 0 Å². The van der Waals surface area contributed by atoms with E-state index in [1.54, 1.807) is 7.11 Å². The Morgan fingerprint density at radius 1 is 1.42 bits per heavy atom. The van der Waals surface area contributed by atoms with Gasteiger partial charge in [0.1, 0.15) is 5.75 Å². The predicted molar refractivity (Wildman–Crippen MR) is 78.3 cm³/mol.